The standard InChI is InChI=1S/C18H18N2O3S2/c21-15-9-13-11(10-20(22)23)5-6-18(13)17-16(24-8-7-19(15)18)12-3-1-2-4-14(12)25-17/h1-4,11,13H,5-10H2/t11-,13-,18+/m0/s1. The zero-order valence-electron chi connectivity index (χ0n) is 13.6. The van der Waals surface area contributed by atoms with E-state index in [1.54, 1.807) is 11.3 Å². The summed E-state index contributed by atoms with van der Waals surface area (Å²) in [6.07, 6.45) is 2.17. The minimum Gasteiger partial charge on any atom is -0.331 e. The first-order chi connectivity index (χ1) is 12.1. The van der Waals surface area contributed by atoms with Crippen molar-refractivity contribution in [2.24, 2.45) is 11.8 Å². The monoisotopic (exact) mass is 374 g/mol. The quantitative estimate of drug-likeness (QED) is 0.593. The van der Waals surface area contributed by atoms with Gasteiger partial charge >= 0.3 is 0 Å². The third-order valence-corrected chi connectivity index (χ3v) is 8.71. The van der Waals surface area contributed by atoms with Crippen molar-refractivity contribution >= 4 is 39.1 Å². The van der Waals surface area contributed by atoms with E-state index < -0.39 is 0 Å². The number of thiophene rings is 1. The van der Waals surface area contributed by atoms with Gasteiger partial charge < -0.3 is 4.90 Å². The molecule has 1 spiro atoms. The molecule has 25 heavy (non-hydrogen) atoms. The van der Waals surface area contributed by atoms with Crippen molar-refractivity contribution < 1.29 is 9.72 Å². The van der Waals surface area contributed by atoms with Gasteiger partial charge in [0.25, 0.3) is 0 Å². The molecule has 130 valence electrons. The van der Waals surface area contributed by atoms with E-state index in [1.807, 2.05) is 11.8 Å². The van der Waals surface area contributed by atoms with Crippen LogP contribution in [0.1, 0.15) is 24.1 Å². The number of thioether (sulfide) groups is 1. The summed E-state index contributed by atoms with van der Waals surface area (Å²) < 4.78 is 1.26. The summed E-state index contributed by atoms with van der Waals surface area (Å²) in [6.45, 7) is 0.738. The van der Waals surface area contributed by atoms with Crippen molar-refractivity contribution in [3.63, 3.8) is 0 Å². The maximum absolute atomic E-state index is 12.8. The minimum atomic E-state index is -0.305. The van der Waals surface area contributed by atoms with E-state index in [4.69, 9.17) is 0 Å². The summed E-state index contributed by atoms with van der Waals surface area (Å²) in [5, 5.41) is 12.4. The predicted octanol–water partition coefficient (Wildman–Crippen LogP) is 3.74. The number of benzene rings is 1. The number of carbonyl (C=O) groups is 1. The summed E-state index contributed by atoms with van der Waals surface area (Å²) in [5.41, 5.74) is -0.305. The fraction of sp³-hybridized carbons (Fsp3) is 0.500. The fourth-order valence-corrected chi connectivity index (χ4v) is 8.08. The second kappa shape index (κ2) is 5.45. The second-order valence-corrected chi connectivity index (χ2v) is 9.36. The first kappa shape index (κ1) is 15.6. The lowest BCUT2D eigenvalue weighted by Gasteiger charge is -2.37. The molecule has 2 aromatic rings. The number of rotatable bonds is 2. The van der Waals surface area contributed by atoms with Gasteiger partial charge in [0.05, 0.1) is 5.54 Å². The summed E-state index contributed by atoms with van der Waals surface area (Å²) in [5.74, 6) is 1.17. The SMILES string of the molecule is O=C1C[C@H]2[C@H](C[N+](=O)[O-])CC[C@]23c2sc4ccccc4c2SCCN13. The molecule has 1 amide bonds. The lowest BCUT2D eigenvalue weighted by atomic mass is 9.82. The average molecular weight is 374 g/mol. The van der Waals surface area contributed by atoms with E-state index in [-0.39, 0.29) is 34.7 Å². The van der Waals surface area contributed by atoms with Crippen LogP contribution in [0.2, 0.25) is 0 Å². The Hall–Kier alpha value is -1.60. The van der Waals surface area contributed by atoms with Gasteiger partial charge in [0.2, 0.25) is 12.5 Å². The Kier molecular flexibility index (Phi) is 3.41. The molecule has 1 saturated carbocycles. The van der Waals surface area contributed by atoms with Gasteiger partial charge in [-0.15, -0.1) is 23.1 Å². The Balaban J connectivity index is 1.72. The van der Waals surface area contributed by atoms with Gasteiger partial charge in [-0.1, -0.05) is 18.2 Å². The molecule has 3 aliphatic rings. The number of amides is 1. The van der Waals surface area contributed by atoms with Crippen molar-refractivity contribution in [1.29, 1.82) is 0 Å². The van der Waals surface area contributed by atoms with Crippen LogP contribution in [0.15, 0.2) is 29.2 Å². The van der Waals surface area contributed by atoms with Crippen molar-refractivity contribution in [3.05, 3.63) is 39.3 Å². The highest BCUT2D eigenvalue weighted by Crippen LogP contribution is 2.62. The van der Waals surface area contributed by atoms with Crippen molar-refractivity contribution in [2.75, 3.05) is 18.8 Å². The van der Waals surface area contributed by atoms with Crippen LogP contribution in [0.5, 0.6) is 0 Å². The minimum absolute atomic E-state index is 0.00473. The van der Waals surface area contributed by atoms with Crippen molar-refractivity contribution in [3.8, 4) is 0 Å². The van der Waals surface area contributed by atoms with Gasteiger partial charge in [-0.25, -0.2) is 0 Å². The highest BCUT2D eigenvalue weighted by molar-refractivity contribution is 7.99. The Morgan fingerprint density at radius 3 is 3.04 bits per heavy atom. The van der Waals surface area contributed by atoms with E-state index in [2.05, 4.69) is 29.2 Å². The molecule has 0 bridgehead atoms. The second-order valence-electron chi connectivity index (χ2n) is 7.20. The van der Waals surface area contributed by atoms with Crippen LogP contribution < -0.4 is 0 Å². The number of carbonyl (C=O) groups excluding carboxylic acids is 1. The molecule has 1 saturated heterocycles. The normalized spacial score (nSPS) is 30.9. The lowest BCUT2D eigenvalue weighted by molar-refractivity contribution is -0.489. The van der Waals surface area contributed by atoms with Crippen LogP contribution in [-0.4, -0.2) is 34.6 Å². The number of nitro groups is 1. The third kappa shape index (κ3) is 2.05. The third-order valence-electron chi connectivity index (χ3n) is 6.14. The van der Waals surface area contributed by atoms with E-state index in [0.29, 0.717) is 6.42 Å². The zero-order valence-corrected chi connectivity index (χ0v) is 15.3. The molecule has 1 aromatic carbocycles. The molecular weight excluding hydrogens is 356 g/mol. The Morgan fingerprint density at radius 2 is 2.20 bits per heavy atom. The van der Waals surface area contributed by atoms with Crippen LogP contribution in [0, 0.1) is 22.0 Å². The molecule has 1 aromatic heterocycles. The smallest absolute Gasteiger partial charge is 0.223 e. The van der Waals surface area contributed by atoms with Gasteiger partial charge in [-0.2, -0.15) is 0 Å². The zero-order chi connectivity index (χ0) is 17.2. The summed E-state index contributed by atoms with van der Waals surface area (Å²) in [4.78, 5) is 28.4. The van der Waals surface area contributed by atoms with Crippen LogP contribution >= 0.6 is 23.1 Å². The van der Waals surface area contributed by atoms with Crippen LogP contribution in [0.4, 0.5) is 0 Å². The van der Waals surface area contributed by atoms with Gasteiger partial charge in [0, 0.05) is 55.3 Å². The number of fused-ring (bicyclic) bond motifs is 3. The summed E-state index contributed by atoms with van der Waals surface area (Å²) in [6, 6.07) is 8.43. The van der Waals surface area contributed by atoms with E-state index in [0.717, 1.165) is 25.1 Å². The summed E-state index contributed by atoms with van der Waals surface area (Å²) >= 11 is 3.64. The Morgan fingerprint density at radius 1 is 1.36 bits per heavy atom. The van der Waals surface area contributed by atoms with Crippen molar-refractivity contribution in [2.45, 2.75) is 29.7 Å². The fourth-order valence-electron chi connectivity index (χ4n) is 5.20. The Bertz CT molecular complexity index is 896. The predicted molar refractivity (Wildman–Crippen MR) is 98.6 cm³/mol. The van der Waals surface area contributed by atoms with Crippen LogP contribution in [0.3, 0.4) is 0 Å². The van der Waals surface area contributed by atoms with Gasteiger partial charge in [0.15, 0.2) is 0 Å². The van der Waals surface area contributed by atoms with E-state index in [9.17, 15) is 14.9 Å². The van der Waals surface area contributed by atoms with Crippen LogP contribution in [0.25, 0.3) is 10.1 Å². The molecule has 3 heterocycles. The first-order valence-corrected chi connectivity index (χ1v) is 10.5. The molecule has 3 atom stereocenters. The molecule has 1 aliphatic carbocycles. The topological polar surface area (TPSA) is 63.4 Å². The molecule has 5 nitrogen and oxygen atoms in total. The highest BCUT2D eigenvalue weighted by Gasteiger charge is 2.62. The average Bonchev–Trinajstić information content (AvgIpc) is 3.16. The molecular formula is C18H18N2O3S2. The molecule has 0 radical (unpaired) electrons. The number of hydrogen-bond acceptors (Lipinski definition) is 5. The van der Waals surface area contributed by atoms with Crippen molar-refractivity contribution in [1.82, 2.24) is 4.90 Å². The molecule has 0 unspecified atom stereocenters. The van der Waals surface area contributed by atoms with Crippen LogP contribution in [-0.2, 0) is 10.3 Å². The number of nitrogens with zero attached hydrogens (tertiary/aromatic N) is 2. The van der Waals surface area contributed by atoms with E-state index in [1.165, 1.54) is 19.9 Å². The van der Waals surface area contributed by atoms with Gasteiger partial charge in [-0.05, 0) is 18.9 Å². The molecule has 0 N–H and O–H groups in total. The Labute approximate surface area is 153 Å². The van der Waals surface area contributed by atoms with Gasteiger partial charge in [0.1, 0.15) is 0 Å². The number of hydrogen-bond donors (Lipinski definition) is 0. The van der Waals surface area contributed by atoms with E-state index >= 15 is 0 Å². The molecule has 2 fully saturated rings. The maximum atomic E-state index is 12.8. The molecule has 7 heteroatoms. The summed E-state index contributed by atoms with van der Waals surface area (Å²) in [7, 11) is 0. The maximum Gasteiger partial charge on any atom is 0.223 e. The largest absolute Gasteiger partial charge is 0.331 e. The lowest BCUT2D eigenvalue weighted by Crippen LogP contribution is -2.44. The highest BCUT2D eigenvalue weighted by atomic mass is 32.2. The van der Waals surface area contributed by atoms with Gasteiger partial charge in [-0.3, -0.25) is 14.9 Å². The first-order valence-electron chi connectivity index (χ1n) is 8.68. The molecule has 5 rings (SSSR count). The molecule has 2 aliphatic heterocycles.